The predicted octanol–water partition coefficient (Wildman–Crippen LogP) is 5.39. The molecule has 0 bridgehead atoms. The Bertz CT molecular complexity index is 1050. The Labute approximate surface area is 183 Å². The second kappa shape index (κ2) is 9.21. The molecule has 1 unspecified atom stereocenters. The standard InChI is InChI=1S/C26H29N3O2/c1-2-3-10-20(18-8-5-4-6-9-18)21-11-7-12-23(24(21)27)29-25-22(26(30)31)15-19(16-28-25)17-13-14-17/h2-5,7-8,10-11,15-17,23H,6,9,12-14,27H2,1H3,(H,28,29)(H,30,31)/b3-2+,20-10-. The number of nitrogens with one attached hydrogen (secondary N) is 1. The Morgan fingerprint density at radius 2 is 2.16 bits per heavy atom. The molecular weight excluding hydrogens is 386 g/mol. The largest absolute Gasteiger partial charge is 0.478 e. The van der Waals surface area contributed by atoms with E-state index in [0.29, 0.717) is 23.9 Å². The predicted molar refractivity (Wildman–Crippen MR) is 125 cm³/mol. The van der Waals surface area contributed by atoms with Crippen molar-refractivity contribution >= 4 is 11.8 Å². The molecular formula is C26H29N3O2. The van der Waals surface area contributed by atoms with E-state index in [-0.39, 0.29) is 11.6 Å². The van der Waals surface area contributed by atoms with Gasteiger partial charge in [0.25, 0.3) is 0 Å². The zero-order valence-corrected chi connectivity index (χ0v) is 17.8. The first-order valence-corrected chi connectivity index (χ1v) is 10.9. The van der Waals surface area contributed by atoms with Crippen molar-refractivity contribution in [2.45, 2.75) is 51.0 Å². The van der Waals surface area contributed by atoms with Crippen LogP contribution in [0.25, 0.3) is 0 Å². The van der Waals surface area contributed by atoms with Crippen LogP contribution in [0.3, 0.4) is 0 Å². The molecule has 1 atom stereocenters. The van der Waals surface area contributed by atoms with Gasteiger partial charge in [-0.3, -0.25) is 0 Å². The van der Waals surface area contributed by atoms with E-state index in [9.17, 15) is 9.90 Å². The number of hydrogen-bond acceptors (Lipinski definition) is 4. The molecule has 5 heteroatoms. The number of aromatic nitrogens is 1. The van der Waals surface area contributed by atoms with Gasteiger partial charge in [0.1, 0.15) is 11.4 Å². The van der Waals surface area contributed by atoms with Gasteiger partial charge in [0.2, 0.25) is 0 Å². The lowest BCUT2D eigenvalue weighted by molar-refractivity contribution is 0.0697. The topological polar surface area (TPSA) is 88.2 Å². The van der Waals surface area contributed by atoms with Crippen molar-refractivity contribution in [3.05, 3.63) is 94.4 Å². The molecule has 1 aromatic heterocycles. The molecule has 0 saturated heterocycles. The number of carboxylic acid groups (broad SMARTS) is 1. The summed E-state index contributed by atoms with van der Waals surface area (Å²) in [5, 5.41) is 13.0. The molecule has 31 heavy (non-hydrogen) atoms. The SMILES string of the molecule is C/C=C/C=C(/C1=CC=CCC1)C1=C(N)C(Nc2ncc(C3CC3)cc2C(=O)O)CC=C1. The third-order valence-corrected chi connectivity index (χ3v) is 5.95. The Morgan fingerprint density at radius 1 is 1.32 bits per heavy atom. The fourth-order valence-corrected chi connectivity index (χ4v) is 4.07. The molecule has 4 rings (SSSR count). The molecule has 1 aromatic rings. The number of nitrogens with zero attached hydrogens (tertiary/aromatic N) is 1. The maximum Gasteiger partial charge on any atom is 0.339 e. The Hall–Kier alpha value is -3.34. The fraction of sp³-hybridized carbons (Fsp3) is 0.308. The fourth-order valence-electron chi connectivity index (χ4n) is 4.07. The number of carbonyl (C=O) groups is 1. The van der Waals surface area contributed by atoms with E-state index in [1.807, 2.05) is 19.1 Å². The number of hydrogen-bond donors (Lipinski definition) is 3. The molecule has 0 aromatic carbocycles. The van der Waals surface area contributed by atoms with Gasteiger partial charge in [0, 0.05) is 17.5 Å². The molecule has 160 valence electrons. The summed E-state index contributed by atoms with van der Waals surface area (Å²) >= 11 is 0. The number of allylic oxidation sites excluding steroid dienone is 10. The highest BCUT2D eigenvalue weighted by Gasteiger charge is 2.27. The molecule has 1 heterocycles. The Morgan fingerprint density at radius 3 is 2.84 bits per heavy atom. The third kappa shape index (κ3) is 4.71. The molecule has 5 nitrogen and oxygen atoms in total. The first-order valence-electron chi connectivity index (χ1n) is 10.9. The summed E-state index contributed by atoms with van der Waals surface area (Å²) in [7, 11) is 0. The molecule has 1 saturated carbocycles. The lowest BCUT2D eigenvalue weighted by Crippen LogP contribution is -2.31. The summed E-state index contributed by atoms with van der Waals surface area (Å²) in [6, 6.07) is 1.54. The Balaban J connectivity index is 1.66. The summed E-state index contributed by atoms with van der Waals surface area (Å²) in [6.45, 7) is 1.99. The average Bonchev–Trinajstić information content (AvgIpc) is 3.62. The number of aromatic carboxylic acids is 1. The molecule has 0 aliphatic heterocycles. The monoisotopic (exact) mass is 415 g/mol. The number of pyridine rings is 1. The minimum absolute atomic E-state index is 0.207. The van der Waals surface area contributed by atoms with E-state index < -0.39 is 5.97 Å². The molecule has 4 N–H and O–H groups in total. The number of anilines is 1. The van der Waals surface area contributed by atoms with E-state index in [0.717, 1.165) is 42.4 Å². The van der Waals surface area contributed by atoms with Crippen LogP contribution >= 0.6 is 0 Å². The Kier molecular flexibility index (Phi) is 6.21. The van der Waals surface area contributed by atoms with Gasteiger partial charge in [-0.05, 0) is 67.7 Å². The van der Waals surface area contributed by atoms with Crippen molar-refractivity contribution in [3.8, 4) is 0 Å². The first-order chi connectivity index (χ1) is 15.1. The van der Waals surface area contributed by atoms with Crippen LogP contribution in [-0.2, 0) is 0 Å². The minimum Gasteiger partial charge on any atom is -0.478 e. The van der Waals surface area contributed by atoms with Crippen LogP contribution in [0.15, 0.2) is 83.3 Å². The molecule has 3 aliphatic carbocycles. The third-order valence-electron chi connectivity index (χ3n) is 5.95. The van der Waals surface area contributed by atoms with Crippen LogP contribution < -0.4 is 11.1 Å². The molecule has 3 aliphatic rings. The van der Waals surface area contributed by atoms with Crippen LogP contribution in [0, 0.1) is 0 Å². The molecule has 1 fully saturated rings. The summed E-state index contributed by atoms with van der Waals surface area (Å²) in [5.74, 6) is -0.149. The lowest BCUT2D eigenvalue weighted by Gasteiger charge is -2.27. The van der Waals surface area contributed by atoms with Crippen LogP contribution in [0.2, 0.25) is 0 Å². The smallest absolute Gasteiger partial charge is 0.339 e. The van der Waals surface area contributed by atoms with Crippen molar-refractivity contribution in [1.29, 1.82) is 0 Å². The van der Waals surface area contributed by atoms with Crippen molar-refractivity contribution < 1.29 is 9.90 Å². The van der Waals surface area contributed by atoms with Crippen LogP contribution in [0.1, 0.15) is 60.9 Å². The van der Waals surface area contributed by atoms with Crippen molar-refractivity contribution in [2.75, 3.05) is 5.32 Å². The van der Waals surface area contributed by atoms with Crippen molar-refractivity contribution in [3.63, 3.8) is 0 Å². The molecule has 0 radical (unpaired) electrons. The van der Waals surface area contributed by atoms with Crippen LogP contribution in [0.4, 0.5) is 5.82 Å². The van der Waals surface area contributed by atoms with Crippen molar-refractivity contribution in [1.82, 2.24) is 4.98 Å². The number of nitrogens with two attached hydrogens (primary N) is 1. The lowest BCUT2D eigenvalue weighted by atomic mass is 9.86. The summed E-state index contributed by atoms with van der Waals surface area (Å²) in [4.78, 5) is 16.3. The quantitative estimate of drug-likeness (QED) is 0.520. The zero-order valence-electron chi connectivity index (χ0n) is 17.8. The number of carboxylic acids is 1. The second-order valence-corrected chi connectivity index (χ2v) is 8.21. The van der Waals surface area contributed by atoms with Gasteiger partial charge in [-0.15, -0.1) is 0 Å². The van der Waals surface area contributed by atoms with Gasteiger partial charge in [0.05, 0.1) is 6.04 Å². The number of rotatable bonds is 7. The normalized spacial score (nSPS) is 21.5. The van der Waals surface area contributed by atoms with Gasteiger partial charge in [0.15, 0.2) is 0 Å². The van der Waals surface area contributed by atoms with Gasteiger partial charge in [-0.1, -0.05) is 48.6 Å². The average molecular weight is 416 g/mol. The highest BCUT2D eigenvalue weighted by molar-refractivity contribution is 5.93. The van der Waals surface area contributed by atoms with Crippen molar-refractivity contribution in [2.24, 2.45) is 5.73 Å². The van der Waals surface area contributed by atoms with Gasteiger partial charge >= 0.3 is 5.97 Å². The van der Waals surface area contributed by atoms with Crippen LogP contribution in [0.5, 0.6) is 0 Å². The molecule has 0 amide bonds. The van der Waals surface area contributed by atoms with Gasteiger partial charge in [-0.25, -0.2) is 9.78 Å². The highest BCUT2D eigenvalue weighted by atomic mass is 16.4. The van der Waals surface area contributed by atoms with E-state index in [2.05, 4.69) is 46.8 Å². The van der Waals surface area contributed by atoms with E-state index in [1.54, 1.807) is 12.3 Å². The summed E-state index contributed by atoms with van der Waals surface area (Å²) in [6.07, 6.45) is 23.4. The van der Waals surface area contributed by atoms with E-state index in [1.165, 1.54) is 5.57 Å². The second-order valence-electron chi connectivity index (χ2n) is 8.21. The van der Waals surface area contributed by atoms with E-state index >= 15 is 0 Å². The van der Waals surface area contributed by atoms with Gasteiger partial charge in [-0.2, -0.15) is 0 Å². The first kappa shape index (κ1) is 20.9. The maximum absolute atomic E-state index is 11.9. The maximum atomic E-state index is 11.9. The van der Waals surface area contributed by atoms with Gasteiger partial charge < -0.3 is 16.2 Å². The van der Waals surface area contributed by atoms with E-state index in [4.69, 9.17) is 5.73 Å². The summed E-state index contributed by atoms with van der Waals surface area (Å²) in [5.41, 5.74) is 11.9. The zero-order chi connectivity index (χ0) is 21.8. The summed E-state index contributed by atoms with van der Waals surface area (Å²) < 4.78 is 0. The minimum atomic E-state index is -0.973. The molecule has 0 spiro atoms. The van der Waals surface area contributed by atoms with Crippen LogP contribution in [-0.4, -0.2) is 22.1 Å². The highest BCUT2D eigenvalue weighted by Crippen LogP contribution is 2.40.